The van der Waals surface area contributed by atoms with Crippen LogP contribution in [-0.4, -0.2) is 55.5 Å². The van der Waals surface area contributed by atoms with E-state index in [1.807, 2.05) is 6.07 Å². The first kappa shape index (κ1) is 21.7. The summed E-state index contributed by atoms with van der Waals surface area (Å²) in [7, 11) is -1.70. The molecule has 1 saturated heterocycles. The first-order valence-corrected chi connectivity index (χ1v) is 12.4. The fourth-order valence-electron chi connectivity index (χ4n) is 3.76. The predicted molar refractivity (Wildman–Crippen MR) is 118 cm³/mol. The van der Waals surface area contributed by atoms with Crippen LogP contribution in [0.2, 0.25) is 0 Å². The van der Waals surface area contributed by atoms with Crippen LogP contribution in [-0.2, 0) is 32.6 Å². The number of amides is 2. The number of hydrogen-bond donors (Lipinski definition) is 1. The fraction of sp³-hybridized carbons (Fsp3) is 0.450. The van der Waals surface area contributed by atoms with E-state index in [9.17, 15) is 18.0 Å². The number of hydrogen-bond acceptors (Lipinski definition) is 7. The summed E-state index contributed by atoms with van der Waals surface area (Å²) in [5, 5.41) is 3.26. The molecule has 166 valence electrons. The molecule has 0 saturated carbocycles. The summed E-state index contributed by atoms with van der Waals surface area (Å²) in [4.78, 5) is 32.2. The molecule has 1 aromatic carbocycles. The number of nitrogens with one attached hydrogen (secondary N) is 1. The van der Waals surface area contributed by atoms with Gasteiger partial charge in [0, 0.05) is 49.1 Å². The molecule has 2 amide bonds. The number of carbonyl (C=O) groups is 2. The quantitative estimate of drug-likeness (QED) is 0.699. The molecule has 0 radical (unpaired) electrons. The van der Waals surface area contributed by atoms with Crippen molar-refractivity contribution in [3.05, 3.63) is 34.8 Å². The normalized spacial score (nSPS) is 19.4. The lowest BCUT2D eigenvalue weighted by Crippen LogP contribution is -2.36. The van der Waals surface area contributed by atoms with Crippen molar-refractivity contribution < 1.29 is 22.7 Å². The van der Waals surface area contributed by atoms with Crippen LogP contribution in [0.1, 0.15) is 23.9 Å². The van der Waals surface area contributed by atoms with Crippen LogP contribution in [0.3, 0.4) is 0 Å². The van der Waals surface area contributed by atoms with Gasteiger partial charge in [0.05, 0.1) is 24.5 Å². The fourth-order valence-corrected chi connectivity index (χ4v) is 5.93. The second-order valence-electron chi connectivity index (χ2n) is 7.47. The molecule has 3 heterocycles. The molecule has 1 aromatic heterocycles. The van der Waals surface area contributed by atoms with Crippen LogP contribution < -0.4 is 15.0 Å². The minimum atomic E-state index is -3.26. The zero-order valence-corrected chi connectivity index (χ0v) is 19.0. The van der Waals surface area contributed by atoms with Crippen molar-refractivity contribution in [3.8, 4) is 5.75 Å². The molecule has 1 N–H and O–H groups in total. The topological polar surface area (TPSA) is 109 Å². The van der Waals surface area contributed by atoms with E-state index in [2.05, 4.69) is 10.3 Å². The van der Waals surface area contributed by atoms with Gasteiger partial charge >= 0.3 is 0 Å². The van der Waals surface area contributed by atoms with Crippen molar-refractivity contribution in [2.45, 2.75) is 26.3 Å². The number of ether oxygens (including phenoxy) is 1. The summed E-state index contributed by atoms with van der Waals surface area (Å²) in [6.07, 6.45) is 0.642. The predicted octanol–water partition coefficient (Wildman–Crippen LogP) is 1.85. The third kappa shape index (κ3) is 4.43. The average molecular weight is 465 g/mol. The lowest BCUT2D eigenvalue weighted by molar-refractivity contribution is -0.122. The SMILES string of the molecule is CCS(=O)(=O)N1CCc2nc(NC(=O)C3CC(=O)N(c4cccc(OC)c4)C3)sc2C1. The van der Waals surface area contributed by atoms with Crippen LogP contribution >= 0.6 is 11.3 Å². The number of thiazole rings is 1. The van der Waals surface area contributed by atoms with Crippen molar-refractivity contribution in [2.75, 3.05) is 36.2 Å². The Morgan fingerprint density at radius 1 is 1.39 bits per heavy atom. The molecule has 1 fully saturated rings. The van der Waals surface area contributed by atoms with E-state index in [-0.39, 0.29) is 37.1 Å². The minimum absolute atomic E-state index is 0.0597. The molecule has 11 heteroatoms. The Morgan fingerprint density at radius 3 is 2.94 bits per heavy atom. The highest BCUT2D eigenvalue weighted by molar-refractivity contribution is 7.89. The molecule has 2 aromatic rings. The minimum Gasteiger partial charge on any atom is -0.497 e. The van der Waals surface area contributed by atoms with Gasteiger partial charge in [-0.15, -0.1) is 11.3 Å². The first-order chi connectivity index (χ1) is 14.8. The standard InChI is InChI=1S/C20H24N4O5S2/c1-3-31(27,28)23-8-7-16-17(12-23)30-20(21-16)22-19(26)13-9-18(25)24(11-13)14-5-4-6-15(10-14)29-2/h4-6,10,13H,3,7-9,11-12H2,1-2H3,(H,21,22,26). The molecule has 0 aliphatic carbocycles. The third-order valence-corrected chi connectivity index (χ3v) is 8.37. The molecule has 2 aliphatic heterocycles. The van der Waals surface area contributed by atoms with Gasteiger partial charge in [-0.3, -0.25) is 9.59 Å². The molecular weight excluding hydrogens is 440 g/mol. The van der Waals surface area contributed by atoms with Gasteiger partial charge in [0.2, 0.25) is 21.8 Å². The van der Waals surface area contributed by atoms with E-state index in [0.717, 1.165) is 10.6 Å². The average Bonchev–Trinajstić information content (AvgIpc) is 3.35. The largest absolute Gasteiger partial charge is 0.497 e. The number of carbonyl (C=O) groups excluding carboxylic acids is 2. The van der Waals surface area contributed by atoms with Gasteiger partial charge in [-0.2, -0.15) is 4.31 Å². The number of benzene rings is 1. The summed E-state index contributed by atoms with van der Waals surface area (Å²) in [6.45, 7) is 2.59. The molecule has 4 rings (SSSR count). The lowest BCUT2D eigenvalue weighted by atomic mass is 10.1. The smallest absolute Gasteiger partial charge is 0.231 e. The summed E-state index contributed by atoms with van der Waals surface area (Å²) < 4.78 is 30.9. The number of methoxy groups -OCH3 is 1. The van der Waals surface area contributed by atoms with E-state index in [0.29, 0.717) is 29.5 Å². The van der Waals surface area contributed by atoms with E-state index in [1.54, 1.807) is 37.1 Å². The summed E-state index contributed by atoms with van der Waals surface area (Å²) >= 11 is 1.29. The Kier molecular flexibility index (Phi) is 6.00. The van der Waals surface area contributed by atoms with Gasteiger partial charge in [-0.25, -0.2) is 13.4 Å². The molecule has 31 heavy (non-hydrogen) atoms. The van der Waals surface area contributed by atoms with Gasteiger partial charge < -0.3 is 15.0 Å². The van der Waals surface area contributed by atoms with Crippen LogP contribution in [0, 0.1) is 5.92 Å². The number of aromatic nitrogens is 1. The lowest BCUT2D eigenvalue weighted by Gasteiger charge is -2.24. The number of fused-ring (bicyclic) bond motifs is 1. The number of anilines is 2. The van der Waals surface area contributed by atoms with Gasteiger partial charge in [-0.1, -0.05) is 6.07 Å². The molecule has 1 atom stereocenters. The van der Waals surface area contributed by atoms with Crippen LogP contribution in [0.15, 0.2) is 24.3 Å². The van der Waals surface area contributed by atoms with E-state index < -0.39 is 15.9 Å². The van der Waals surface area contributed by atoms with Crippen molar-refractivity contribution in [2.24, 2.45) is 5.92 Å². The maximum absolute atomic E-state index is 12.8. The molecule has 0 spiro atoms. The van der Waals surface area contributed by atoms with Crippen LogP contribution in [0.5, 0.6) is 5.75 Å². The Balaban J connectivity index is 1.42. The molecular formula is C20H24N4O5S2. The maximum atomic E-state index is 12.8. The second-order valence-corrected chi connectivity index (χ2v) is 10.8. The Bertz CT molecular complexity index is 1110. The Labute approximate surface area is 185 Å². The Morgan fingerprint density at radius 2 is 2.19 bits per heavy atom. The van der Waals surface area contributed by atoms with Gasteiger partial charge in [0.25, 0.3) is 0 Å². The van der Waals surface area contributed by atoms with Crippen molar-refractivity contribution >= 4 is 44.0 Å². The highest BCUT2D eigenvalue weighted by Crippen LogP contribution is 2.32. The van der Waals surface area contributed by atoms with E-state index >= 15 is 0 Å². The van der Waals surface area contributed by atoms with Crippen LogP contribution in [0.4, 0.5) is 10.8 Å². The molecule has 9 nitrogen and oxygen atoms in total. The van der Waals surface area contributed by atoms with Gasteiger partial charge in [0.1, 0.15) is 5.75 Å². The first-order valence-electron chi connectivity index (χ1n) is 10.0. The van der Waals surface area contributed by atoms with Gasteiger partial charge in [0.15, 0.2) is 5.13 Å². The van der Waals surface area contributed by atoms with Crippen LogP contribution in [0.25, 0.3) is 0 Å². The molecule has 2 aliphatic rings. The number of rotatable bonds is 6. The van der Waals surface area contributed by atoms with E-state index in [1.165, 1.54) is 15.6 Å². The summed E-state index contributed by atoms with van der Waals surface area (Å²) in [5.41, 5.74) is 1.52. The van der Waals surface area contributed by atoms with Crippen molar-refractivity contribution in [1.82, 2.24) is 9.29 Å². The zero-order valence-electron chi connectivity index (χ0n) is 17.3. The van der Waals surface area contributed by atoms with Gasteiger partial charge in [-0.05, 0) is 19.1 Å². The highest BCUT2D eigenvalue weighted by Gasteiger charge is 2.36. The number of sulfonamides is 1. The third-order valence-electron chi connectivity index (χ3n) is 5.55. The maximum Gasteiger partial charge on any atom is 0.231 e. The second kappa shape index (κ2) is 8.56. The van der Waals surface area contributed by atoms with Crippen molar-refractivity contribution in [3.63, 3.8) is 0 Å². The van der Waals surface area contributed by atoms with Crippen molar-refractivity contribution in [1.29, 1.82) is 0 Å². The van der Waals surface area contributed by atoms with E-state index in [4.69, 9.17) is 4.74 Å². The summed E-state index contributed by atoms with van der Waals surface area (Å²) in [5.74, 6) is -0.165. The highest BCUT2D eigenvalue weighted by atomic mass is 32.2. The molecule has 0 bridgehead atoms. The number of nitrogens with zero attached hydrogens (tertiary/aromatic N) is 3. The Hall–Kier alpha value is -2.50. The summed E-state index contributed by atoms with van der Waals surface area (Å²) in [6, 6.07) is 7.18. The molecule has 1 unspecified atom stereocenters. The zero-order chi connectivity index (χ0) is 22.2. The monoisotopic (exact) mass is 464 g/mol.